The molecule has 1 aromatic carbocycles. The maximum Gasteiger partial charge on any atom is 0.327 e. The number of carbonyl (C=O) groups excluding carboxylic acids is 1. The van der Waals surface area contributed by atoms with Crippen LogP contribution in [-0.4, -0.2) is 45.3 Å². The molecule has 1 heterocycles. The minimum atomic E-state index is -0.943. The first-order chi connectivity index (χ1) is 9.09. The van der Waals surface area contributed by atoms with Crippen molar-refractivity contribution in [1.82, 2.24) is 4.90 Å². The van der Waals surface area contributed by atoms with E-state index in [0.717, 1.165) is 4.90 Å². The lowest BCUT2D eigenvalue weighted by Crippen LogP contribution is -2.42. The number of hydrogen-bond acceptors (Lipinski definition) is 4. The monoisotopic (exact) mass is 317 g/mol. The van der Waals surface area contributed by atoms with Crippen molar-refractivity contribution in [2.45, 2.75) is 10.9 Å². The molecule has 0 bridgehead atoms. The van der Waals surface area contributed by atoms with Crippen LogP contribution in [0.15, 0.2) is 29.2 Å². The highest BCUT2D eigenvalue weighted by atomic mass is 35.5. The van der Waals surface area contributed by atoms with Crippen LogP contribution in [0.4, 0.5) is 0 Å². The summed E-state index contributed by atoms with van der Waals surface area (Å²) in [5.41, 5.74) is 0. The van der Waals surface area contributed by atoms with E-state index < -0.39 is 12.0 Å². The minimum absolute atomic E-state index is 0.165. The number of amides is 1. The first-order valence-electron chi connectivity index (χ1n) is 5.57. The Morgan fingerprint density at radius 2 is 2.21 bits per heavy atom. The number of hydrogen-bond donors (Lipinski definition) is 1. The van der Waals surface area contributed by atoms with Gasteiger partial charge >= 0.3 is 5.97 Å². The Balaban J connectivity index is 1.95. The maximum absolute atomic E-state index is 12.0. The molecule has 1 N–H and O–H groups in total. The molecule has 4 nitrogen and oxygen atoms in total. The van der Waals surface area contributed by atoms with E-state index in [2.05, 4.69) is 0 Å². The van der Waals surface area contributed by atoms with Crippen LogP contribution in [0.2, 0.25) is 5.02 Å². The van der Waals surface area contributed by atoms with Gasteiger partial charge in [-0.05, 0) is 12.1 Å². The number of benzene rings is 1. The molecule has 1 fully saturated rings. The lowest BCUT2D eigenvalue weighted by Gasteiger charge is -2.20. The largest absolute Gasteiger partial charge is 0.480 e. The summed E-state index contributed by atoms with van der Waals surface area (Å²) in [7, 11) is 0. The number of halogens is 1. The molecule has 1 aromatic rings. The van der Waals surface area contributed by atoms with Gasteiger partial charge < -0.3 is 10.0 Å². The van der Waals surface area contributed by atoms with E-state index >= 15 is 0 Å². The zero-order valence-corrected chi connectivity index (χ0v) is 12.3. The molecule has 0 saturated carbocycles. The highest BCUT2D eigenvalue weighted by Gasteiger charge is 2.34. The molecule has 2 rings (SSSR count). The van der Waals surface area contributed by atoms with E-state index in [9.17, 15) is 9.59 Å². The van der Waals surface area contributed by atoms with Gasteiger partial charge in [0.1, 0.15) is 6.04 Å². The summed E-state index contributed by atoms with van der Waals surface area (Å²) >= 11 is 8.79. The van der Waals surface area contributed by atoms with E-state index in [1.807, 2.05) is 18.2 Å². The molecule has 0 aliphatic carbocycles. The molecule has 1 saturated heterocycles. The Morgan fingerprint density at radius 3 is 2.89 bits per heavy atom. The van der Waals surface area contributed by atoms with Crippen molar-refractivity contribution in [3.05, 3.63) is 29.3 Å². The van der Waals surface area contributed by atoms with E-state index in [4.69, 9.17) is 16.7 Å². The molecule has 1 aliphatic rings. The maximum atomic E-state index is 12.0. The fourth-order valence-corrected chi connectivity index (χ4v) is 3.97. The normalized spacial score (nSPS) is 18.6. The number of nitrogens with zero attached hydrogens (tertiary/aromatic N) is 1. The molecule has 1 aliphatic heterocycles. The predicted molar refractivity (Wildman–Crippen MR) is 77.8 cm³/mol. The number of aliphatic carboxylic acids is 1. The van der Waals surface area contributed by atoms with Crippen molar-refractivity contribution in [1.29, 1.82) is 0 Å². The molecule has 0 aromatic heterocycles. The lowest BCUT2D eigenvalue weighted by molar-refractivity contribution is -0.146. The Labute approximate surface area is 124 Å². The summed E-state index contributed by atoms with van der Waals surface area (Å²) in [5, 5.41) is 9.63. The second-order valence-corrected chi connectivity index (χ2v) is 6.36. The van der Waals surface area contributed by atoms with Crippen LogP contribution in [0.25, 0.3) is 0 Å². The van der Waals surface area contributed by atoms with E-state index in [1.165, 1.54) is 28.4 Å². The van der Waals surface area contributed by atoms with Gasteiger partial charge in [0, 0.05) is 10.6 Å². The van der Waals surface area contributed by atoms with Crippen LogP contribution < -0.4 is 0 Å². The predicted octanol–water partition coefficient (Wildman–Crippen LogP) is 2.42. The van der Waals surface area contributed by atoms with Crippen molar-refractivity contribution < 1.29 is 14.7 Å². The Morgan fingerprint density at radius 1 is 1.47 bits per heavy atom. The number of carboxylic acids is 1. The van der Waals surface area contributed by atoms with E-state index in [-0.39, 0.29) is 11.7 Å². The molecule has 1 amide bonds. The number of thioether (sulfide) groups is 2. The Hall–Kier alpha value is -0.850. The van der Waals surface area contributed by atoms with Gasteiger partial charge in [-0.2, -0.15) is 0 Å². The van der Waals surface area contributed by atoms with Crippen molar-refractivity contribution in [3.63, 3.8) is 0 Å². The quantitative estimate of drug-likeness (QED) is 0.864. The Bertz CT molecular complexity index is 498. The topological polar surface area (TPSA) is 57.6 Å². The average molecular weight is 318 g/mol. The summed E-state index contributed by atoms with van der Waals surface area (Å²) in [6.07, 6.45) is 0. The SMILES string of the molecule is O=C(O)C1CSCN1C(=O)CSc1ccccc1Cl. The van der Waals surface area contributed by atoms with Crippen molar-refractivity contribution >= 4 is 47.0 Å². The highest BCUT2D eigenvalue weighted by Crippen LogP contribution is 2.28. The average Bonchev–Trinajstić information content (AvgIpc) is 2.87. The van der Waals surface area contributed by atoms with Gasteiger partial charge in [0.2, 0.25) is 5.91 Å². The zero-order chi connectivity index (χ0) is 13.8. The second-order valence-electron chi connectivity index (χ2n) is 3.94. The molecular weight excluding hydrogens is 306 g/mol. The third-order valence-corrected chi connectivity index (χ3v) is 5.19. The molecule has 0 spiro atoms. The second kappa shape index (κ2) is 6.54. The molecular formula is C12H12ClNO3S2. The molecule has 1 unspecified atom stereocenters. The van der Waals surface area contributed by atoms with Crippen LogP contribution in [0.3, 0.4) is 0 Å². The van der Waals surface area contributed by atoms with Crippen LogP contribution >= 0.6 is 35.1 Å². The van der Waals surface area contributed by atoms with Gasteiger partial charge in [-0.25, -0.2) is 4.79 Å². The first kappa shape index (κ1) is 14.6. The van der Waals surface area contributed by atoms with Gasteiger partial charge in [-0.3, -0.25) is 4.79 Å². The van der Waals surface area contributed by atoms with Crippen LogP contribution in [0.1, 0.15) is 0 Å². The van der Waals surface area contributed by atoms with Gasteiger partial charge in [-0.1, -0.05) is 23.7 Å². The lowest BCUT2D eigenvalue weighted by atomic mass is 10.3. The Kier molecular flexibility index (Phi) is 5.01. The summed E-state index contributed by atoms with van der Waals surface area (Å²) in [4.78, 5) is 25.3. The first-order valence-corrected chi connectivity index (χ1v) is 8.09. The summed E-state index contributed by atoms with van der Waals surface area (Å²) in [6, 6.07) is 6.58. The zero-order valence-electron chi connectivity index (χ0n) is 9.91. The molecule has 19 heavy (non-hydrogen) atoms. The van der Waals surface area contributed by atoms with Crippen molar-refractivity contribution in [3.8, 4) is 0 Å². The highest BCUT2D eigenvalue weighted by molar-refractivity contribution is 8.00. The van der Waals surface area contributed by atoms with Gasteiger partial charge in [-0.15, -0.1) is 23.5 Å². The molecule has 1 atom stereocenters. The van der Waals surface area contributed by atoms with E-state index in [1.54, 1.807) is 6.07 Å². The van der Waals surface area contributed by atoms with Crippen molar-refractivity contribution in [2.24, 2.45) is 0 Å². The number of carbonyl (C=O) groups is 2. The van der Waals surface area contributed by atoms with Gasteiger partial charge in [0.15, 0.2) is 0 Å². The van der Waals surface area contributed by atoms with Crippen LogP contribution in [0.5, 0.6) is 0 Å². The van der Waals surface area contributed by atoms with Crippen LogP contribution in [0, 0.1) is 0 Å². The third-order valence-electron chi connectivity index (χ3n) is 2.68. The summed E-state index contributed by atoms with van der Waals surface area (Å²) in [6.45, 7) is 0. The fraction of sp³-hybridized carbons (Fsp3) is 0.333. The molecule has 0 radical (unpaired) electrons. The van der Waals surface area contributed by atoms with E-state index in [0.29, 0.717) is 16.7 Å². The number of rotatable bonds is 4. The third kappa shape index (κ3) is 3.58. The van der Waals surface area contributed by atoms with Gasteiger partial charge in [0.05, 0.1) is 16.7 Å². The van der Waals surface area contributed by atoms with Gasteiger partial charge in [0.25, 0.3) is 0 Å². The standard InChI is InChI=1S/C12H12ClNO3S2/c13-8-3-1-2-4-10(8)19-6-11(15)14-7-18-5-9(14)12(16)17/h1-4,9H,5-7H2,(H,16,17). The molecule has 102 valence electrons. The molecule has 7 heteroatoms. The fourth-order valence-electron chi connectivity index (χ4n) is 1.68. The summed E-state index contributed by atoms with van der Waals surface area (Å²) in [5.74, 6) is -0.00598. The number of carboxylic acid groups (broad SMARTS) is 1. The summed E-state index contributed by atoms with van der Waals surface area (Å²) < 4.78 is 0. The minimum Gasteiger partial charge on any atom is -0.480 e. The van der Waals surface area contributed by atoms with Crippen molar-refractivity contribution in [2.75, 3.05) is 17.4 Å². The van der Waals surface area contributed by atoms with Crippen LogP contribution in [-0.2, 0) is 9.59 Å². The smallest absolute Gasteiger partial charge is 0.327 e.